The Balaban J connectivity index is 1.02. The Morgan fingerprint density at radius 3 is 2.39 bits per heavy atom. The SMILES string of the molecule is CC(N(C(=O)C12CC(F)(C1)C2)c1cccc(-c2cnc(C3CC3)o2)c1)C12CCC(c3nc(C4CC4)no3)(CC1)CC2. The van der Waals surface area contributed by atoms with Crippen LogP contribution in [-0.2, 0) is 10.2 Å². The molecule has 8 aliphatic rings. The number of benzene rings is 1. The van der Waals surface area contributed by atoms with Crippen LogP contribution in [0.5, 0.6) is 0 Å². The molecular formula is C33H37FN4O3. The van der Waals surface area contributed by atoms with Gasteiger partial charge in [0.1, 0.15) is 5.67 Å². The number of carbonyl (C=O) groups is 1. The minimum atomic E-state index is -1.12. The van der Waals surface area contributed by atoms with Crippen LogP contribution >= 0.6 is 0 Å². The molecule has 8 heteroatoms. The maximum Gasteiger partial charge on any atom is 0.233 e. The van der Waals surface area contributed by atoms with Crippen molar-refractivity contribution >= 4 is 11.6 Å². The van der Waals surface area contributed by atoms with E-state index in [4.69, 9.17) is 13.9 Å². The number of carbonyl (C=O) groups excluding carboxylic acids is 1. The zero-order valence-corrected chi connectivity index (χ0v) is 23.7. The molecule has 3 aromatic rings. The molecule has 0 spiro atoms. The smallest absolute Gasteiger partial charge is 0.233 e. The summed E-state index contributed by atoms with van der Waals surface area (Å²) in [4.78, 5) is 25.8. The van der Waals surface area contributed by atoms with E-state index < -0.39 is 11.1 Å². The van der Waals surface area contributed by atoms with Crippen molar-refractivity contribution in [2.75, 3.05) is 4.90 Å². The van der Waals surface area contributed by atoms with Gasteiger partial charge in [-0.1, -0.05) is 17.3 Å². The largest absolute Gasteiger partial charge is 0.440 e. The van der Waals surface area contributed by atoms with Gasteiger partial charge in [-0.05, 0) is 108 Å². The standard InChI is InChI=1S/C33H37FN4O3/c1-20(30-9-12-31(13-10-30,14-11-30)28-36-26(37-41-28)21-5-6-21)38(29(39)32-17-33(34,18-32)19-32)24-4-2-3-23(15-24)25-16-35-27(40-25)22-7-8-22/h2-4,15-16,20-22H,5-14,17-19H2,1H3. The maximum atomic E-state index is 14.7. The van der Waals surface area contributed by atoms with Crippen LogP contribution in [0.2, 0.25) is 0 Å². The molecule has 41 heavy (non-hydrogen) atoms. The van der Waals surface area contributed by atoms with Crippen LogP contribution < -0.4 is 4.90 Å². The minimum absolute atomic E-state index is 0.00500. The Labute approximate surface area is 239 Å². The summed E-state index contributed by atoms with van der Waals surface area (Å²) >= 11 is 0. The van der Waals surface area contributed by atoms with Crippen molar-refractivity contribution in [3.63, 3.8) is 0 Å². The number of anilines is 1. The number of rotatable bonds is 8. The van der Waals surface area contributed by atoms with Gasteiger partial charge in [-0.2, -0.15) is 4.98 Å². The Morgan fingerprint density at radius 1 is 1.02 bits per heavy atom. The van der Waals surface area contributed by atoms with Gasteiger partial charge in [-0.25, -0.2) is 9.37 Å². The lowest BCUT2D eigenvalue weighted by atomic mass is 9.41. The highest BCUT2D eigenvalue weighted by Gasteiger charge is 2.74. The van der Waals surface area contributed by atoms with E-state index in [0.29, 0.717) is 31.1 Å². The van der Waals surface area contributed by atoms with Gasteiger partial charge >= 0.3 is 0 Å². The number of oxazole rings is 1. The average molecular weight is 557 g/mol. The summed E-state index contributed by atoms with van der Waals surface area (Å²) in [5, 5.41) is 4.33. The molecule has 4 bridgehead atoms. The van der Waals surface area contributed by atoms with Crippen molar-refractivity contribution in [1.82, 2.24) is 15.1 Å². The van der Waals surface area contributed by atoms with Crippen molar-refractivity contribution in [1.29, 1.82) is 0 Å². The highest BCUT2D eigenvalue weighted by molar-refractivity contribution is 6.01. The second-order valence-electron chi connectivity index (χ2n) is 14.6. The number of amides is 1. The summed E-state index contributed by atoms with van der Waals surface area (Å²) < 4.78 is 26.6. The van der Waals surface area contributed by atoms with Crippen LogP contribution in [0.4, 0.5) is 10.1 Å². The van der Waals surface area contributed by atoms with Crippen LogP contribution in [0.1, 0.15) is 120 Å². The fraction of sp³-hybridized carbons (Fsp3) is 0.636. The highest BCUT2D eigenvalue weighted by atomic mass is 19.1. The Kier molecular flexibility index (Phi) is 4.84. The number of alkyl halides is 1. The number of fused-ring (bicyclic) bond motifs is 3. The van der Waals surface area contributed by atoms with Gasteiger partial charge in [-0.3, -0.25) is 4.79 Å². The molecule has 1 atom stereocenters. The quantitative estimate of drug-likeness (QED) is 0.288. The molecule has 0 saturated heterocycles. The third kappa shape index (κ3) is 3.61. The molecule has 1 unspecified atom stereocenters. The molecule has 0 N–H and O–H groups in total. The first-order valence-corrected chi connectivity index (χ1v) is 15.7. The van der Waals surface area contributed by atoms with Crippen molar-refractivity contribution in [3.8, 4) is 11.3 Å². The first kappa shape index (κ1) is 24.6. The molecule has 8 saturated carbocycles. The monoisotopic (exact) mass is 556 g/mol. The van der Waals surface area contributed by atoms with E-state index in [1.54, 1.807) is 0 Å². The zero-order chi connectivity index (χ0) is 27.6. The lowest BCUT2D eigenvalue weighted by Gasteiger charge is -2.66. The molecule has 7 nitrogen and oxygen atoms in total. The van der Waals surface area contributed by atoms with Gasteiger partial charge in [0.2, 0.25) is 11.8 Å². The maximum absolute atomic E-state index is 14.7. The second kappa shape index (κ2) is 8.07. The van der Waals surface area contributed by atoms with Crippen molar-refractivity contribution in [3.05, 3.63) is 48.1 Å². The Morgan fingerprint density at radius 2 is 1.73 bits per heavy atom. The topological polar surface area (TPSA) is 85.3 Å². The van der Waals surface area contributed by atoms with E-state index in [-0.39, 0.29) is 22.8 Å². The van der Waals surface area contributed by atoms with Crippen LogP contribution in [0.25, 0.3) is 11.3 Å². The fourth-order valence-corrected chi connectivity index (χ4v) is 8.81. The first-order valence-electron chi connectivity index (χ1n) is 15.7. The van der Waals surface area contributed by atoms with E-state index in [1.807, 2.05) is 24.4 Å². The van der Waals surface area contributed by atoms with E-state index >= 15 is 0 Å². The summed E-state index contributed by atoms with van der Waals surface area (Å²) in [6, 6.07) is 8.14. The normalized spacial score (nSPS) is 36.0. The molecule has 1 amide bonds. The summed E-state index contributed by atoms with van der Waals surface area (Å²) in [6.45, 7) is 2.23. The second-order valence-corrected chi connectivity index (χ2v) is 14.6. The number of halogens is 1. The molecule has 0 aliphatic heterocycles. The summed E-state index contributed by atoms with van der Waals surface area (Å²) in [5.74, 6) is 4.31. The summed E-state index contributed by atoms with van der Waals surface area (Å²) in [5.41, 5.74) is 0.119. The van der Waals surface area contributed by atoms with Crippen LogP contribution in [0, 0.1) is 10.8 Å². The summed E-state index contributed by atoms with van der Waals surface area (Å²) in [7, 11) is 0. The minimum Gasteiger partial charge on any atom is -0.440 e. The third-order valence-corrected chi connectivity index (χ3v) is 11.9. The molecule has 214 valence electrons. The first-order chi connectivity index (χ1) is 19.8. The van der Waals surface area contributed by atoms with E-state index in [9.17, 15) is 9.18 Å². The molecule has 1 aromatic carbocycles. The van der Waals surface area contributed by atoms with E-state index in [2.05, 4.69) is 28.0 Å². The Hall–Kier alpha value is -3.03. The average Bonchev–Trinajstić information content (AvgIpc) is 3.90. The number of aromatic nitrogens is 3. The van der Waals surface area contributed by atoms with Gasteiger partial charge < -0.3 is 13.8 Å². The van der Waals surface area contributed by atoms with Gasteiger partial charge in [0.25, 0.3) is 0 Å². The van der Waals surface area contributed by atoms with E-state index in [0.717, 1.165) is 86.0 Å². The van der Waals surface area contributed by atoms with Crippen molar-refractivity contribution in [2.45, 2.75) is 119 Å². The third-order valence-electron chi connectivity index (χ3n) is 11.9. The highest BCUT2D eigenvalue weighted by Crippen LogP contribution is 2.70. The molecule has 11 rings (SSSR count). The molecule has 8 aliphatic carbocycles. The number of nitrogens with zero attached hydrogens (tertiary/aromatic N) is 4. The van der Waals surface area contributed by atoms with Crippen molar-refractivity contribution in [2.24, 2.45) is 10.8 Å². The van der Waals surface area contributed by atoms with Crippen molar-refractivity contribution < 1.29 is 18.1 Å². The molecule has 2 heterocycles. The number of hydrogen-bond donors (Lipinski definition) is 0. The molecule has 0 radical (unpaired) electrons. The van der Waals surface area contributed by atoms with Gasteiger partial charge in [-0.15, -0.1) is 0 Å². The van der Waals surface area contributed by atoms with Crippen LogP contribution in [0.3, 0.4) is 0 Å². The predicted molar refractivity (Wildman–Crippen MR) is 149 cm³/mol. The lowest BCUT2D eigenvalue weighted by Crippen LogP contribution is -2.72. The number of hydrogen-bond acceptors (Lipinski definition) is 6. The zero-order valence-electron chi connectivity index (χ0n) is 23.7. The van der Waals surface area contributed by atoms with Gasteiger partial charge in [0.15, 0.2) is 17.5 Å². The van der Waals surface area contributed by atoms with Gasteiger partial charge in [0, 0.05) is 34.5 Å². The van der Waals surface area contributed by atoms with Crippen LogP contribution in [-0.4, -0.2) is 32.7 Å². The van der Waals surface area contributed by atoms with E-state index in [1.165, 1.54) is 12.8 Å². The fourth-order valence-electron chi connectivity index (χ4n) is 8.81. The molecule has 8 fully saturated rings. The predicted octanol–water partition coefficient (Wildman–Crippen LogP) is 7.39. The molecule has 2 aromatic heterocycles. The van der Waals surface area contributed by atoms with Gasteiger partial charge in [0.05, 0.1) is 11.6 Å². The lowest BCUT2D eigenvalue weighted by molar-refractivity contribution is -0.212. The summed E-state index contributed by atoms with van der Waals surface area (Å²) in [6.07, 6.45) is 13.6. The van der Waals surface area contributed by atoms with Crippen LogP contribution in [0.15, 0.2) is 39.4 Å². The molecular weight excluding hydrogens is 519 g/mol. The Bertz CT molecular complexity index is 1510.